The maximum absolute atomic E-state index is 11.2. The molecule has 11 heteroatoms. The van der Waals surface area contributed by atoms with Crippen LogP contribution in [0.1, 0.15) is 39.0 Å². The summed E-state index contributed by atoms with van der Waals surface area (Å²) in [6.45, 7) is 3.35. The monoisotopic (exact) mass is 601 g/mol. The molecule has 2 aromatic rings. The number of hydrogen-bond acceptors (Lipinski definition) is 7. The van der Waals surface area contributed by atoms with Crippen LogP contribution in [-0.2, 0) is 10.0 Å². The Kier molecular flexibility index (Phi) is 10.2. The minimum absolute atomic E-state index is 0.210. The average Bonchev–Trinajstić information content (AvgIpc) is 3.03. The van der Waals surface area contributed by atoms with Gasteiger partial charge in [0.25, 0.3) is 0 Å². The Labute approximate surface area is 225 Å². The van der Waals surface area contributed by atoms with Gasteiger partial charge >= 0.3 is 0 Å². The minimum atomic E-state index is -3.35. The quantitative estimate of drug-likeness (QED) is 0.511. The highest BCUT2D eigenvalue weighted by Gasteiger charge is 2.19. The molecule has 35 heavy (non-hydrogen) atoms. The van der Waals surface area contributed by atoms with Crippen LogP contribution in [0.5, 0.6) is 0 Å². The van der Waals surface area contributed by atoms with Crippen LogP contribution >= 0.6 is 38.9 Å². The van der Waals surface area contributed by atoms with Crippen LogP contribution in [0.25, 0.3) is 12.2 Å². The number of sulfonamides is 1. The van der Waals surface area contributed by atoms with E-state index >= 15 is 0 Å². The molecule has 0 atom stereocenters. The van der Waals surface area contributed by atoms with Gasteiger partial charge in [-0.25, -0.2) is 18.1 Å². The van der Waals surface area contributed by atoms with Gasteiger partial charge in [-0.2, -0.15) is 4.98 Å². The Morgan fingerprint density at radius 3 is 2.54 bits per heavy atom. The molecule has 1 fully saturated rings. The Morgan fingerprint density at radius 2 is 1.94 bits per heavy atom. The summed E-state index contributed by atoms with van der Waals surface area (Å²) in [6, 6.07) is 1.47. The van der Waals surface area contributed by atoms with E-state index < -0.39 is 10.0 Å². The molecule has 4 rings (SSSR count). The Morgan fingerprint density at radius 1 is 1.23 bits per heavy atom. The highest BCUT2D eigenvalue weighted by atomic mass is 79.9. The summed E-state index contributed by atoms with van der Waals surface area (Å²) >= 11 is 9.81. The molecule has 0 saturated heterocycles. The fourth-order valence-corrected chi connectivity index (χ4v) is 7.11. The van der Waals surface area contributed by atoms with Crippen molar-refractivity contribution in [1.29, 1.82) is 0 Å². The normalized spacial score (nSPS) is 19.4. The van der Waals surface area contributed by atoms with Crippen LogP contribution in [-0.4, -0.2) is 46.1 Å². The van der Waals surface area contributed by atoms with Crippen molar-refractivity contribution in [2.75, 3.05) is 37.9 Å². The van der Waals surface area contributed by atoms with Crippen molar-refractivity contribution >= 4 is 72.8 Å². The fourth-order valence-electron chi connectivity index (χ4n) is 3.97. The number of fused-ring (bicyclic) bond motifs is 1. The smallest absolute Gasteiger partial charge is 0.249 e. The zero-order valence-electron chi connectivity index (χ0n) is 20.5. The highest BCUT2D eigenvalue weighted by Crippen LogP contribution is 2.34. The van der Waals surface area contributed by atoms with Gasteiger partial charge in [0.1, 0.15) is 14.4 Å². The number of nitrogens with one attached hydrogen (secondary N) is 2. The maximum Gasteiger partial charge on any atom is 0.249 e. The molecule has 1 saturated carbocycles. The van der Waals surface area contributed by atoms with Gasteiger partial charge in [-0.3, -0.25) is 0 Å². The van der Waals surface area contributed by atoms with Crippen molar-refractivity contribution in [3.63, 3.8) is 0 Å². The first-order chi connectivity index (χ1) is 16.6. The Hall–Kier alpha value is -1.46. The van der Waals surface area contributed by atoms with E-state index in [2.05, 4.69) is 62.1 Å². The number of hydrogen-bond donors (Lipinski definition) is 2. The van der Waals surface area contributed by atoms with Crippen LogP contribution in [0, 0.1) is 11.8 Å². The van der Waals surface area contributed by atoms with Crippen molar-refractivity contribution < 1.29 is 8.42 Å². The van der Waals surface area contributed by atoms with Crippen LogP contribution in [0.3, 0.4) is 0 Å². The van der Waals surface area contributed by atoms with Gasteiger partial charge in [0.2, 0.25) is 16.0 Å². The van der Waals surface area contributed by atoms with E-state index in [1.165, 1.54) is 38.8 Å². The lowest BCUT2D eigenvalue weighted by Crippen LogP contribution is -2.36. The van der Waals surface area contributed by atoms with E-state index in [0.717, 1.165) is 58.5 Å². The second kappa shape index (κ2) is 12.7. The highest BCUT2D eigenvalue weighted by molar-refractivity contribution is 9.10. The summed E-state index contributed by atoms with van der Waals surface area (Å²) < 4.78 is 25.8. The third-order valence-corrected chi connectivity index (χ3v) is 10.4. The third-order valence-electron chi connectivity index (χ3n) is 6.07. The van der Waals surface area contributed by atoms with E-state index in [0.29, 0.717) is 8.81 Å². The summed E-state index contributed by atoms with van der Waals surface area (Å²) in [4.78, 5) is 11.6. The van der Waals surface area contributed by atoms with Crippen molar-refractivity contribution in [2.24, 2.45) is 11.8 Å². The van der Waals surface area contributed by atoms with Crippen LogP contribution in [0.15, 0.2) is 26.9 Å². The molecule has 2 aromatic heterocycles. The second-order valence-electron chi connectivity index (χ2n) is 9.00. The molecule has 0 aromatic carbocycles. The zero-order chi connectivity index (χ0) is 25.6. The molecule has 2 heterocycles. The van der Waals surface area contributed by atoms with Crippen LogP contribution in [0.2, 0.25) is 4.34 Å². The molecule has 2 N–H and O–H groups in total. The topological polar surface area (TPSA) is 87.2 Å². The number of thiophene rings is 1. The summed E-state index contributed by atoms with van der Waals surface area (Å²) in [7, 11) is 2.10. The van der Waals surface area contributed by atoms with E-state index in [1.54, 1.807) is 0 Å². The number of anilines is 2. The maximum atomic E-state index is 11.2. The zero-order valence-corrected chi connectivity index (χ0v) is 24.5. The van der Waals surface area contributed by atoms with Gasteiger partial charge in [-0.1, -0.05) is 49.6 Å². The molecule has 0 bridgehead atoms. The van der Waals surface area contributed by atoms with Gasteiger partial charge in [-0.15, -0.1) is 11.3 Å². The molecular formula is C24H33BrClN5O2S2. The number of aromatic nitrogens is 2. The molecule has 192 valence electrons. The minimum Gasteiger partial charge on any atom is -0.362 e. The van der Waals surface area contributed by atoms with Crippen molar-refractivity contribution in [3.05, 3.63) is 37.6 Å². The molecule has 2 aliphatic carbocycles. The van der Waals surface area contributed by atoms with Gasteiger partial charge in [-0.05, 0) is 66.2 Å². The van der Waals surface area contributed by atoms with E-state index in [4.69, 9.17) is 21.6 Å². The largest absolute Gasteiger partial charge is 0.362 e. The fraction of sp³-hybridized carbons (Fsp3) is 0.500. The van der Waals surface area contributed by atoms with Gasteiger partial charge in [0, 0.05) is 30.3 Å². The van der Waals surface area contributed by atoms with Crippen LogP contribution < -0.4 is 25.5 Å². The van der Waals surface area contributed by atoms with E-state index in [1.807, 2.05) is 14.1 Å². The van der Waals surface area contributed by atoms with Crippen molar-refractivity contribution in [2.45, 2.75) is 43.2 Å². The third kappa shape index (κ3) is 7.76. The summed E-state index contributed by atoms with van der Waals surface area (Å²) in [5, 5.41) is 5.64. The molecule has 0 radical (unpaired) electrons. The number of allylic oxidation sites excluding steroid dienone is 2. The predicted molar refractivity (Wildman–Crippen MR) is 151 cm³/mol. The Balaban J connectivity index is 0.000000241. The van der Waals surface area contributed by atoms with Gasteiger partial charge in [0.15, 0.2) is 0 Å². The first-order valence-corrected chi connectivity index (χ1v) is 15.1. The summed E-state index contributed by atoms with van der Waals surface area (Å²) in [6.07, 6.45) is 14.8. The van der Waals surface area contributed by atoms with Crippen molar-refractivity contribution in [1.82, 2.24) is 14.7 Å². The second-order valence-corrected chi connectivity index (χ2v) is 13.6. The first-order valence-electron chi connectivity index (χ1n) is 11.7. The van der Waals surface area contributed by atoms with Gasteiger partial charge < -0.3 is 10.2 Å². The lowest BCUT2D eigenvalue weighted by atomic mass is 9.83. The standard InChI is InChI=1S/C19H28N4.C5H5BrClNO2S2/c1-14-9-11-15(12-10-14)13-20-19-21-17-8-6-4-5-7-16(17)18(22-19)23(2)3;1-8-12(9,10)4-2-3(6)5(7)11-4/h4,6-8,14-15H,5,9-13H2,1-3H3,(H,20,21);2,8H,1H3. The SMILES string of the molecule is CC1CCC(CNc2nc(N(C)C)c3c(n2)=CC=CCC=3)CC1.CNS(=O)(=O)c1cc(Br)c(Cl)s1. The van der Waals surface area contributed by atoms with Crippen molar-refractivity contribution in [3.8, 4) is 0 Å². The lowest BCUT2D eigenvalue weighted by molar-refractivity contribution is 0.300. The van der Waals surface area contributed by atoms with Gasteiger partial charge in [0.05, 0.1) is 5.35 Å². The molecule has 7 nitrogen and oxygen atoms in total. The summed E-state index contributed by atoms with van der Waals surface area (Å²) in [5.41, 5.74) is 0. The average molecular weight is 603 g/mol. The van der Waals surface area contributed by atoms with Crippen LogP contribution in [0.4, 0.5) is 11.8 Å². The number of nitrogens with zero attached hydrogens (tertiary/aromatic N) is 3. The lowest BCUT2D eigenvalue weighted by Gasteiger charge is -2.26. The molecule has 0 unspecified atom stereocenters. The predicted octanol–water partition coefficient (Wildman–Crippen LogP) is 4.37. The summed E-state index contributed by atoms with van der Waals surface area (Å²) in [5.74, 6) is 3.40. The number of rotatable bonds is 6. The molecular weight excluding hydrogens is 570 g/mol. The Bertz CT molecular complexity index is 1250. The first kappa shape index (κ1) is 28.1. The molecule has 0 aliphatic heterocycles. The number of halogens is 2. The molecule has 0 spiro atoms. The molecule has 2 aliphatic rings. The van der Waals surface area contributed by atoms with E-state index in [9.17, 15) is 8.42 Å². The van der Waals surface area contributed by atoms with E-state index in [-0.39, 0.29) is 4.21 Å². The molecule has 0 amide bonds.